The van der Waals surface area contributed by atoms with E-state index in [2.05, 4.69) is 4.99 Å². The van der Waals surface area contributed by atoms with Crippen LogP contribution in [-0.2, 0) is 0 Å². The minimum absolute atomic E-state index is 0.0379. The molecule has 0 spiro atoms. The fraction of sp³-hybridized carbons (Fsp3) is 0. The molecule has 0 saturated carbocycles. The van der Waals surface area contributed by atoms with Crippen molar-refractivity contribution in [2.24, 2.45) is 4.99 Å². The van der Waals surface area contributed by atoms with Crippen LogP contribution in [0.1, 0.15) is 15.9 Å². The van der Waals surface area contributed by atoms with Crippen LogP contribution in [0.25, 0.3) is 5.57 Å². The Hall–Kier alpha value is -2.42. The molecule has 2 aliphatic rings. The Kier molecular flexibility index (Phi) is 1.45. The number of para-hydroxylation sites is 1. The molecule has 1 aromatic carbocycles. The van der Waals surface area contributed by atoms with Crippen LogP contribution in [-0.4, -0.2) is 5.78 Å². The summed E-state index contributed by atoms with van der Waals surface area (Å²) in [6, 6.07) is 7.88. The highest BCUT2D eigenvalue weighted by atomic mass is 16.3. The van der Waals surface area contributed by atoms with Gasteiger partial charge >= 0.3 is 0 Å². The molecule has 2 heterocycles. The number of rotatable bonds is 0. The van der Waals surface area contributed by atoms with Gasteiger partial charge in [0.05, 0.1) is 22.9 Å². The molecular formula is C14H7NO2. The number of fused-ring (bicyclic) bond motifs is 4. The van der Waals surface area contributed by atoms with Crippen LogP contribution in [0, 0.1) is 0 Å². The molecule has 1 aromatic heterocycles. The van der Waals surface area contributed by atoms with Gasteiger partial charge in [0, 0.05) is 22.4 Å². The highest BCUT2D eigenvalue weighted by molar-refractivity contribution is 6.13. The van der Waals surface area contributed by atoms with Crippen molar-refractivity contribution in [2.45, 2.75) is 0 Å². The summed E-state index contributed by atoms with van der Waals surface area (Å²) >= 11 is 0. The van der Waals surface area contributed by atoms with Crippen LogP contribution in [0.3, 0.4) is 0 Å². The maximum atomic E-state index is 11.8. The van der Waals surface area contributed by atoms with Crippen molar-refractivity contribution in [3.8, 4) is 0 Å². The SMILES string of the molecule is O=C1C=C2N=c3ccccc3=C2c2cocc21. The Labute approximate surface area is 96.4 Å². The van der Waals surface area contributed by atoms with Crippen LogP contribution in [0.2, 0.25) is 0 Å². The summed E-state index contributed by atoms with van der Waals surface area (Å²) < 4.78 is 5.14. The predicted molar refractivity (Wildman–Crippen MR) is 60.9 cm³/mol. The minimum Gasteiger partial charge on any atom is -0.471 e. The third-order valence-corrected chi connectivity index (χ3v) is 3.13. The molecule has 1 aliphatic carbocycles. The fourth-order valence-electron chi connectivity index (χ4n) is 2.38. The Balaban J connectivity index is 2.24. The van der Waals surface area contributed by atoms with Crippen molar-refractivity contribution in [1.29, 1.82) is 0 Å². The number of hydrogen-bond acceptors (Lipinski definition) is 3. The van der Waals surface area contributed by atoms with Gasteiger partial charge in [0.1, 0.15) is 6.26 Å². The molecule has 4 rings (SSSR count). The third kappa shape index (κ3) is 1.00. The number of allylic oxidation sites excluding steroid dienone is 2. The zero-order valence-electron chi connectivity index (χ0n) is 8.81. The Bertz CT molecular complexity index is 809. The van der Waals surface area contributed by atoms with E-state index < -0.39 is 0 Å². The van der Waals surface area contributed by atoms with Crippen molar-refractivity contribution in [2.75, 3.05) is 0 Å². The van der Waals surface area contributed by atoms with Gasteiger partial charge in [-0.1, -0.05) is 18.2 Å². The van der Waals surface area contributed by atoms with Crippen LogP contribution in [0.5, 0.6) is 0 Å². The highest BCUT2D eigenvalue weighted by Gasteiger charge is 2.27. The number of benzene rings is 1. The Morgan fingerprint density at radius 3 is 2.82 bits per heavy atom. The van der Waals surface area contributed by atoms with E-state index in [1.54, 1.807) is 12.3 Å². The first-order chi connectivity index (χ1) is 8.34. The van der Waals surface area contributed by atoms with E-state index in [0.29, 0.717) is 5.56 Å². The molecule has 17 heavy (non-hydrogen) atoms. The quantitative estimate of drug-likeness (QED) is 0.670. The molecule has 0 unspecified atom stereocenters. The van der Waals surface area contributed by atoms with Gasteiger partial charge in [0.2, 0.25) is 0 Å². The first-order valence-electron chi connectivity index (χ1n) is 5.35. The summed E-state index contributed by atoms with van der Waals surface area (Å²) in [6.45, 7) is 0. The van der Waals surface area contributed by atoms with E-state index in [9.17, 15) is 4.79 Å². The average molecular weight is 221 g/mol. The Morgan fingerprint density at radius 2 is 1.88 bits per heavy atom. The summed E-state index contributed by atoms with van der Waals surface area (Å²) in [6.07, 6.45) is 4.69. The fourth-order valence-corrected chi connectivity index (χ4v) is 2.38. The first-order valence-corrected chi connectivity index (χ1v) is 5.35. The third-order valence-electron chi connectivity index (χ3n) is 3.13. The molecule has 3 heteroatoms. The molecule has 0 radical (unpaired) electrons. The largest absolute Gasteiger partial charge is 0.471 e. The summed E-state index contributed by atoms with van der Waals surface area (Å²) in [5.74, 6) is -0.0379. The second-order valence-electron chi connectivity index (χ2n) is 4.10. The lowest BCUT2D eigenvalue weighted by molar-refractivity contribution is 0.104. The maximum Gasteiger partial charge on any atom is 0.191 e. The Morgan fingerprint density at radius 1 is 1.06 bits per heavy atom. The van der Waals surface area contributed by atoms with E-state index >= 15 is 0 Å². The molecule has 0 fully saturated rings. The second-order valence-corrected chi connectivity index (χ2v) is 4.10. The average Bonchev–Trinajstić information content (AvgIpc) is 2.90. The number of carbonyl (C=O) groups is 1. The van der Waals surface area contributed by atoms with Crippen LogP contribution < -0.4 is 10.6 Å². The van der Waals surface area contributed by atoms with Gasteiger partial charge in [-0.25, -0.2) is 4.99 Å². The van der Waals surface area contributed by atoms with E-state index in [1.807, 2.05) is 24.3 Å². The van der Waals surface area contributed by atoms with E-state index in [1.165, 1.54) is 6.26 Å². The van der Waals surface area contributed by atoms with Crippen molar-refractivity contribution < 1.29 is 9.21 Å². The molecule has 0 atom stereocenters. The standard InChI is InChI=1S/C14H7NO2/c16-13-5-12-14(10-7-17-6-9(10)13)8-3-1-2-4-11(8)15-12/h1-7H. The number of furan rings is 1. The summed E-state index contributed by atoms with van der Waals surface area (Å²) in [4.78, 5) is 16.3. The van der Waals surface area contributed by atoms with Gasteiger partial charge in [-0.2, -0.15) is 0 Å². The van der Waals surface area contributed by atoms with Gasteiger partial charge in [-0.3, -0.25) is 4.79 Å². The topological polar surface area (TPSA) is 42.6 Å². The smallest absolute Gasteiger partial charge is 0.191 e. The van der Waals surface area contributed by atoms with Gasteiger partial charge in [0.15, 0.2) is 5.78 Å². The molecule has 0 amide bonds. The van der Waals surface area contributed by atoms with Crippen LogP contribution >= 0.6 is 0 Å². The normalized spacial score (nSPS) is 15.9. The van der Waals surface area contributed by atoms with Crippen molar-refractivity contribution in [3.63, 3.8) is 0 Å². The van der Waals surface area contributed by atoms with E-state index in [4.69, 9.17) is 4.42 Å². The second kappa shape index (κ2) is 2.83. The van der Waals surface area contributed by atoms with Gasteiger partial charge < -0.3 is 4.42 Å². The number of carbonyl (C=O) groups excluding carboxylic acids is 1. The molecule has 3 nitrogen and oxygen atoms in total. The minimum atomic E-state index is -0.0379. The first kappa shape index (κ1) is 8.70. The van der Waals surface area contributed by atoms with Gasteiger partial charge in [-0.15, -0.1) is 0 Å². The molecule has 0 N–H and O–H groups in total. The van der Waals surface area contributed by atoms with Gasteiger partial charge in [0.25, 0.3) is 0 Å². The molecule has 1 aliphatic heterocycles. The van der Waals surface area contributed by atoms with Crippen molar-refractivity contribution >= 4 is 11.4 Å². The summed E-state index contributed by atoms with van der Waals surface area (Å²) in [5.41, 5.74) is 3.21. The monoisotopic (exact) mass is 221 g/mol. The van der Waals surface area contributed by atoms with Crippen molar-refractivity contribution in [3.05, 3.63) is 70.3 Å². The van der Waals surface area contributed by atoms with Crippen molar-refractivity contribution in [1.82, 2.24) is 0 Å². The number of hydrogen-bond donors (Lipinski definition) is 0. The zero-order chi connectivity index (χ0) is 11.4. The van der Waals surface area contributed by atoms with Crippen LogP contribution in [0.4, 0.5) is 0 Å². The lowest BCUT2D eigenvalue weighted by atomic mass is 9.93. The summed E-state index contributed by atoms with van der Waals surface area (Å²) in [5, 5.41) is 1.98. The molecule has 80 valence electrons. The highest BCUT2D eigenvalue weighted by Crippen LogP contribution is 2.31. The van der Waals surface area contributed by atoms with E-state index in [0.717, 1.165) is 27.4 Å². The lowest BCUT2D eigenvalue weighted by Gasteiger charge is -2.08. The molecule has 0 bridgehead atoms. The summed E-state index contributed by atoms with van der Waals surface area (Å²) in [7, 11) is 0. The lowest BCUT2D eigenvalue weighted by Crippen LogP contribution is -2.22. The van der Waals surface area contributed by atoms with Crippen LogP contribution in [0.15, 0.2) is 58.0 Å². The van der Waals surface area contributed by atoms with Gasteiger partial charge in [-0.05, 0) is 6.07 Å². The van der Waals surface area contributed by atoms with E-state index in [-0.39, 0.29) is 5.78 Å². The molecule has 0 saturated heterocycles. The number of nitrogens with zero attached hydrogens (tertiary/aromatic N) is 1. The molecular weight excluding hydrogens is 214 g/mol. The zero-order valence-corrected chi connectivity index (χ0v) is 8.81. The maximum absolute atomic E-state index is 11.8. The number of ketones is 1. The predicted octanol–water partition coefficient (Wildman–Crippen LogP) is 1.19. The molecule has 2 aromatic rings.